The minimum Gasteiger partial charge on any atom is -0.481 e. The van der Waals surface area contributed by atoms with Gasteiger partial charge in [-0.3, -0.25) is 4.79 Å². The average molecular weight is 690 g/mol. The molecule has 1 unspecified atom stereocenters. The van der Waals surface area contributed by atoms with E-state index in [2.05, 4.69) is 25.5 Å². The van der Waals surface area contributed by atoms with Gasteiger partial charge in [0.25, 0.3) is 0 Å². The molecule has 6 rings (SSSR count). The number of fused-ring (bicyclic) bond motifs is 8. The van der Waals surface area contributed by atoms with Crippen molar-refractivity contribution in [2.75, 3.05) is 11.5 Å². The van der Waals surface area contributed by atoms with Gasteiger partial charge in [0, 0.05) is 60.4 Å². The van der Waals surface area contributed by atoms with Crippen molar-refractivity contribution in [3.8, 4) is 22.9 Å². The van der Waals surface area contributed by atoms with Gasteiger partial charge in [-0.25, -0.2) is 32.4 Å². The van der Waals surface area contributed by atoms with Crippen LogP contribution in [-0.4, -0.2) is 50.7 Å². The van der Waals surface area contributed by atoms with Gasteiger partial charge in [0.2, 0.25) is 0 Å². The zero-order valence-corrected chi connectivity index (χ0v) is 27.4. The largest absolute Gasteiger partial charge is 0.481 e. The van der Waals surface area contributed by atoms with Crippen LogP contribution in [0.2, 0.25) is 0 Å². The van der Waals surface area contributed by atoms with Crippen molar-refractivity contribution >= 4 is 26.7 Å². The second kappa shape index (κ2) is 13.6. The molecule has 49 heavy (non-hydrogen) atoms. The number of carboxylic acids is 1. The van der Waals surface area contributed by atoms with Gasteiger partial charge in [-0.15, -0.1) is 0 Å². The van der Waals surface area contributed by atoms with Crippen LogP contribution < -0.4 is 10.1 Å². The van der Waals surface area contributed by atoms with Crippen LogP contribution in [0, 0.1) is 17.2 Å². The number of rotatable bonds is 5. The number of sulfone groups is 1. The van der Waals surface area contributed by atoms with E-state index < -0.39 is 39.1 Å². The first-order valence-electron chi connectivity index (χ1n) is 15.4. The Bertz CT molecular complexity index is 2230. The molecule has 0 saturated carbocycles. The molecule has 0 fully saturated rings. The predicted octanol–water partition coefficient (Wildman–Crippen LogP) is 6.35. The summed E-state index contributed by atoms with van der Waals surface area (Å²) in [6.07, 6.45) is 1.86. The number of aliphatic carboxylic acids is 1. The predicted molar refractivity (Wildman–Crippen MR) is 177 cm³/mol. The number of H-pyrrole nitrogens is 1. The molecule has 0 radical (unpaired) electrons. The highest BCUT2D eigenvalue weighted by Gasteiger charge is 2.27. The molecule has 15 heteroatoms. The van der Waals surface area contributed by atoms with E-state index in [0.717, 1.165) is 5.56 Å². The van der Waals surface area contributed by atoms with Gasteiger partial charge in [-0.2, -0.15) is 10.2 Å². The quantitative estimate of drug-likeness (QED) is 0.154. The monoisotopic (exact) mass is 689 g/mol. The minimum atomic E-state index is -3.86. The third kappa shape index (κ3) is 7.21. The lowest BCUT2D eigenvalue weighted by atomic mass is 9.93. The number of carboxylic acid groups (broad SMARTS) is 1. The first-order valence-corrected chi connectivity index (χ1v) is 17.2. The number of hydrogen-bond acceptors (Lipinski definition) is 9. The molecule has 254 valence electrons. The van der Waals surface area contributed by atoms with Gasteiger partial charge in [0.15, 0.2) is 33.1 Å². The molecule has 12 nitrogen and oxygen atoms in total. The Hall–Kier alpha value is -5.44. The fourth-order valence-corrected chi connectivity index (χ4v) is 7.38. The number of halogens is 2. The van der Waals surface area contributed by atoms with Crippen LogP contribution in [0.4, 0.5) is 8.78 Å². The van der Waals surface area contributed by atoms with Crippen molar-refractivity contribution in [2.24, 2.45) is 12.2 Å². The number of aryl methyl sites for hydroxylation is 2. The summed E-state index contributed by atoms with van der Waals surface area (Å²) in [4.78, 5) is 18.9. The highest BCUT2D eigenvalue weighted by atomic mass is 32.2. The summed E-state index contributed by atoms with van der Waals surface area (Å²) >= 11 is 0. The van der Waals surface area contributed by atoms with Crippen molar-refractivity contribution in [2.45, 2.75) is 38.6 Å². The Balaban J connectivity index is 1.51. The van der Waals surface area contributed by atoms with E-state index >= 15 is 8.78 Å². The zero-order chi connectivity index (χ0) is 34.9. The molecule has 0 saturated heterocycles. The van der Waals surface area contributed by atoms with E-state index in [1.165, 1.54) is 28.9 Å². The molecule has 4 bridgehead atoms. The van der Waals surface area contributed by atoms with Crippen LogP contribution in [0.5, 0.6) is 11.5 Å². The molecule has 1 aliphatic rings. The molecule has 0 spiro atoms. The topological polar surface area (TPSA) is 175 Å². The van der Waals surface area contributed by atoms with Gasteiger partial charge in [-0.1, -0.05) is 24.3 Å². The Morgan fingerprint density at radius 3 is 2.76 bits per heavy atom. The molecule has 2 aromatic heterocycles. The van der Waals surface area contributed by atoms with Crippen molar-refractivity contribution in [1.82, 2.24) is 25.1 Å². The summed E-state index contributed by atoms with van der Waals surface area (Å²) in [5, 5.41) is 21.0. The van der Waals surface area contributed by atoms with Crippen molar-refractivity contribution in [3.63, 3.8) is 0 Å². The smallest absolute Gasteiger partial charge is 0.303 e. The van der Waals surface area contributed by atoms with Crippen LogP contribution in [0.25, 0.3) is 22.3 Å². The number of allylic oxidation sites excluding steroid dienone is 1. The van der Waals surface area contributed by atoms with Crippen LogP contribution in [-0.2, 0) is 34.6 Å². The van der Waals surface area contributed by atoms with Crippen LogP contribution in [0.3, 0.4) is 0 Å². The lowest BCUT2D eigenvalue weighted by Gasteiger charge is -2.18. The minimum absolute atomic E-state index is 0.00661. The van der Waals surface area contributed by atoms with Gasteiger partial charge >= 0.3 is 5.97 Å². The van der Waals surface area contributed by atoms with E-state index in [4.69, 9.17) is 10.3 Å². The number of ether oxygens (including phenoxy) is 1. The molecule has 0 aliphatic carbocycles. The average Bonchev–Trinajstić information content (AvgIpc) is 3.69. The SMILES string of the molecule is C/C1=C(/N=N)CS(=O)(=O)CCC(c2cccc(CCC(=O)O)c2)c2nc(n(C)n2)-c2cc(ccc2F)Oc2c(F)cc3[nH]ccc3c2CN1. The summed E-state index contributed by atoms with van der Waals surface area (Å²) in [6.45, 7) is 1.58. The molecule has 5 aromatic rings. The van der Waals surface area contributed by atoms with Gasteiger partial charge < -0.3 is 20.1 Å². The first kappa shape index (κ1) is 33.5. The Morgan fingerprint density at radius 2 is 1.98 bits per heavy atom. The maximum Gasteiger partial charge on any atom is 0.303 e. The maximum atomic E-state index is 15.6. The Labute approximate surface area is 280 Å². The number of nitrogens with one attached hydrogen (secondary N) is 3. The third-order valence-corrected chi connectivity index (χ3v) is 10.1. The number of aromatic nitrogens is 4. The maximum absolute atomic E-state index is 15.6. The number of benzene rings is 3. The number of carbonyl (C=O) groups is 1. The fourth-order valence-electron chi connectivity index (χ4n) is 5.94. The van der Waals surface area contributed by atoms with Crippen LogP contribution in [0.1, 0.15) is 48.2 Å². The third-order valence-electron chi connectivity index (χ3n) is 8.51. The van der Waals surface area contributed by atoms with Crippen molar-refractivity contribution < 1.29 is 31.8 Å². The summed E-state index contributed by atoms with van der Waals surface area (Å²) < 4.78 is 65.6. The highest BCUT2D eigenvalue weighted by Crippen LogP contribution is 2.37. The lowest BCUT2D eigenvalue weighted by Crippen LogP contribution is -2.20. The van der Waals surface area contributed by atoms with E-state index in [9.17, 15) is 18.3 Å². The van der Waals surface area contributed by atoms with Crippen molar-refractivity contribution in [1.29, 1.82) is 5.53 Å². The second-order valence-electron chi connectivity index (χ2n) is 11.9. The highest BCUT2D eigenvalue weighted by molar-refractivity contribution is 7.91. The van der Waals surface area contributed by atoms with Gasteiger partial charge in [-0.05, 0) is 55.2 Å². The van der Waals surface area contributed by atoms with E-state index in [1.54, 1.807) is 50.5 Å². The molecule has 0 amide bonds. The van der Waals surface area contributed by atoms with Crippen LogP contribution >= 0.6 is 0 Å². The molecular formula is C34H33F2N7O5S. The van der Waals surface area contributed by atoms with E-state index in [1.807, 2.05) is 0 Å². The normalized spacial score (nSPS) is 18.1. The molecular weight excluding hydrogens is 656 g/mol. The molecule has 3 aromatic carbocycles. The fraction of sp³-hybridized carbons (Fsp3) is 0.265. The lowest BCUT2D eigenvalue weighted by molar-refractivity contribution is -0.136. The molecule has 4 N–H and O–H groups in total. The molecule has 3 heterocycles. The summed E-state index contributed by atoms with van der Waals surface area (Å²) in [7, 11) is -2.28. The van der Waals surface area contributed by atoms with Gasteiger partial charge in [0.1, 0.15) is 11.6 Å². The summed E-state index contributed by atoms with van der Waals surface area (Å²) in [6, 6.07) is 14.1. The Kier molecular flexibility index (Phi) is 9.28. The number of aromatic amines is 1. The standard InChI is InChI=1S/C34H33F2N7O5S/c1-19-30(41-37)18-49(46,47)13-11-23(21-5-3-4-20(14-21)6-9-31(44)45)33-40-34(43(2)42-33)25-15-22(7-8-27(25)35)48-32-26(17-39-19)24-10-12-38-29(24)16-28(32)36/h3-5,7-8,10,12,14-16,23,37-39H,6,9,11,13,17-18H2,1-2H3,(H,44,45)/b30-19-,41-37?. The summed E-state index contributed by atoms with van der Waals surface area (Å²) in [5.74, 6) is -3.43. The molecule has 1 aliphatic heterocycles. The number of nitrogens with zero attached hydrogens (tertiary/aromatic N) is 4. The van der Waals surface area contributed by atoms with E-state index in [-0.39, 0.29) is 66.0 Å². The van der Waals surface area contributed by atoms with Crippen LogP contribution in [0.15, 0.2) is 77.3 Å². The zero-order valence-electron chi connectivity index (χ0n) is 26.6. The van der Waals surface area contributed by atoms with E-state index in [0.29, 0.717) is 27.7 Å². The van der Waals surface area contributed by atoms with Gasteiger partial charge in [0.05, 0.1) is 22.8 Å². The summed E-state index contributed by atoms with van der Waals surface area (Å²) in [5.41, 5.74) is 10.4. The number of hydrogen-bond donors (Lipinski definition) is 4. The first-order chi connectivity index (χ1) is 23.4. The molecule has 1 atom stereocenters. The van der Waals surface area contributed by atoms with Crippen molar-refractivity contribution in [3.05, 3.63) is 106 Å². The second-order valence-corrected chi connectivity index (χ2v) is 14.1. The Morgan fingerprint density at radius 1 is 1.16 bits per heavy atom.